The molecule has 1 aliphatic carbocycles. The van der Waals surface area contributed by atoms with Crippen molar-refractivity contribution in [3.63, 3.8) is 0 Å². The van der Waals surface area contributed by atoms with E-state index in [-0.39, 0.29) is 85.7 Å². The third-order valence-electron chi connectivity index (χ3n) is 7.78. The van der Waals surface area contributed by atoms with Gasteiger partial charge in [0.15, 0.2) is 17.2 Å². The first kappa shape index (κ1) is 32.8. The van der Waals surface area contributed by atoms with Crippen molar-refractivity contribution in [2.75, 3.05) is 39.9 Å². The molecule has 1 saturated heterocycles. The summed E-state index contributed by atoms with van der Waals surface area (Å²) in [6.45, 7) is 2.46. The summed E-state index contributed by atoms with van der Waals surface area (Å²) >= 11 is 0. The largest absolute Gasteiger partial charge is 0.491 e. The molecule has 45 heavy (non-hydrogen) atoms. The molecule has 1 unspecified atom stereocenters. The first-order chi connectivity index (χ1) is 21.4. The van der Waals surface area contributed by atoms with Crippen molar-refractivity contribution < 1.29 is 58.3 Å². The molecule has 1 aromatic carbocycles. The quantitative estimate of drug-likeness (QED) is 0.262. The zero-order valence-corrected chi connectivity index (χ0v) is 24.7. The number of carbonyl (C=O) groups excluding carboxylic acids is 3. The minimum atomic E-state index is -1.64. The van der Waals surface area contributed by atoms with Crippen LogP contribution in [0.15, 0.2) is 18.2 Å². The smallest absolute Gasteiger partial charge is 0.409 e. The predicted molar refractivity (Wildman–Crippen MR) is 153 cm³/mol. The Kier molecular flexibility index (Phi) is 9.94. The van der Waals surface area contributed by atoms with Gasteiger partial charge in [0.1, 0.15) is 6.04 Å². The summed E-state index contributed by atoms with van der Waals surface area (Å²) in [5, 5.41) is 31.4. The third kappa shape index (κ3) is 6.99. The van der Waals surface area contributed by atoms with Gasteiger partial charge in [0.25, 0.3) is 5.91 Å². The van der Waals surface area contributed by atoms with E-state index in [1.807, 2.05) is 0 Å². The Morgan fingerprint density at radius 3 is 2.20 bits per heavy atom. The predicted octanol–water partition coefficient (Wildman–Crippen LogP) is 1.59. The zero-order valence-electron chi connectivity index (χ0n) is 24.7. The number of nitrogens with zero attached hydrogens (tertiary/aromatic N) is 3. The van der Waals surface area contributed by atoms with E-state index >= 15 is 0 Å². The molecule has 0 bridgehead atoms. The molecule has 1 aromatic heterocycles. The molecule has 2 aromatic rings. The SMILES string of the molecule is CCOC(=O)N1CCN(C(=O)C(CCC(=O)O)NC(=O)c2nc3ccc(C(=O)O)cc3c(OC3(C(=O)O)CCC3)c2OC)CC1. The zero-order chi connectivity index (χ0) is 32.9. The van der Waals surface area contributed by atoms with Crippen LogP contribution in [-0.4, -0.2) is 117 Å². The molecule has 4 rings (SSSR count). The molecule has 1 saturated carbocycles. The Labute approximate surface area is 256 Å². The maximum absolute atomic E-state index is 13.7. The number of aliphatic carboxylic acids is 2. The molecule has 2 aliphatic rings. The highest BCUT2D eigenvalue weighted by Gasteiger charge is 2.48. The van der Waals surface area contributed by atoms with Crippen molar-refractivity contribution in [3.8, 4) is 11.5 Å². The van der Waals surface area contributed by atoms with Crippen LogP contribution in [0, 0.1) is 0 Å². The van der Waals surface area contributed by atoms with Gasteiger partial charge in [-0.15, -0.1) is 0 Å². The molecule has 2 fully saturated rings. The number of carboxylic acid groups (broad SMARTS) is 3. The van der Waals surface area contributed by atoms with Crippen molar-refractivity contribution in [1.29, 1.82) is 0 Å². The van der Waals surface area contributed by atoms with Crippen LogP contribution < -0.4 is 14.8 Å². The lowest BCUT2D eigenvalue weighted by Crippen LogP contribution is -2.56. The van der Waals surface area contributed by atoms with Gasteiger partial charge in [-0.05, 0) is 50.8 Å². The van der Waals surface area contributed by atoms with Crippen molar-refractivity contribution in [1.82, 2.24) is 20.1 Å². The van der Waals surface area contributed by atoms with Gasteiger partial charge in [-0.25, -0.2) is 19.4 Å². The maximum atomic E-state index is 13.7. The minimum absolute atomic E-state index is 0.0873. The van der Waals surface area contributed by atoms with Gasteiger partial charge < -0.3 is 44.6 Å². The average Bonchev–Trinajstić information content (AvgIpc) is 2.99. The van der Waals surface area contributed by atoms with Gasteiger partial charge in [0, 0.05) is 38.0 Å². The van der Waals surface area contributed by atoms with Crippen LogP contribution in [0.25, 0.3) is 10.9 Å². The Hall–Kier alpha value is -5.15. The summed E-state index contributed by atoms with van der Waals surface area (Å²) in [6.07, 6.45) is -0.353. The molecule has 16 heteroatoms. The van der Waals surface area contributed by atoms with Crippen LogP contribution in [0.2, 0.25) is 0 Å². The summed E-state index contributed by atoms with van der Waals surface area (Å²) in [5.74, 6) is -5.71. The third-order valence-corrected chi connectivity index (χ3v) is 7.78. The lowest BCUT2D eigenvalue weighted by Gasteiger charge is -2.38. The van der Waals surface area contributed by atoms with Gasteiger partial charge in [-0.2, -0.15) is 0 Å². The van der Waals surface area contributed by atoms with Crippen molar-refractivity contribution >= 4 is 46.7 Å². The first-order valence-electron chi connectivity index (χ1n) is 14.3. The van der Waals surface area contributed by atoms with E-state index in [1.165, 1.54) is 35.1 Å². The van der Waals surface area contributed by atoms with E-state index in [2.05, 4.69) is 10.3 Å². The van der Waals surface area contributed by atoms with Crippen LogP contribution in [0.4, 0.5) is 4.79 Å². The number of pyridine rings is 1. The first-order valence-corrected chi connectivity index (χ1v) is 14.3. The van der Waals surface area contributed by atoms with Crippen molar-refractivity contribution in [3.05, 3.63) is 29.5 Å². The van der Waals surface area contributed by atoms with E-state index in [4.69, 9.17) is 14.2 Å². The fourth-order valence-corrected chi connectivity index (χ4v) is 5.14. The van der Waals surface area contributed by atoms with Gasteiger partial charge in [0.05, 0.1) is 24.8 Å². The Morgan fingerprint density at radius 2 is 1.67 bits per heavy atom. The number of rotatable bonds is 12. The Bertz CT molecular complexity index is 1510. The second-order valence-corrected chi connectivity index (χ2v) is 10.6. The molecule has 1 aliphatic heterocycles. The van der Waals surface area contributed by atoms with E-state index < -0.39 is 53.9 Å². The Balaban J connectivity index is 1.68. The average molecular weight is 631 g/mol. The highest BCUT2D eigenvalue weighted by Crippen LogP contribution is 2.44. The molecule has 4 N–H and O–H groups in total. The number of hydrogen-bond acceptors (Lipinski definition) is 10. The number of benzene rings is 1. The van der Waals surface area contributed by atoms with Gasteiger partial charge in [0.2, 0.25) is 11.5 Å². The van der Waals surface area contributed by atoms with E-state index in [0.29, 0.717) is 6.42 Å². The molecule has 0 spiro atoms. The number of hydrogen-bond donors (Lipinski definition) is 4. The van der Waals surface area contributed by atoms with Gasteiger partial charge >= 0.3 is 24.0 Å². The second kappa shape index (κ2) is 13.7. The van der Waals surface area contributed by atoms with E-state index in [0.717, 1.165) is 0 Å². The van der Waals surface area contributed by atoms with Crippen molar-refractivity contribution in [2.45, 2.75) is 50.7 Å². The van der Waals surface area contributed by atoms with Gasteiger partial charge in [-0.1, -0.05) is 0 Å². The summed E-state index contributed by atoms with van der Waals surface area (Å²) < 4.78 is 16.5. The molecule has 1 atom stereocenters. The van der Waals surface area contributed by atoms with Crippen LogP contribution in [0.5, 0.6) is 11.5 Å². The van der Waals surface area contributed by atoms with Gasteiger partial charge in [-0.3, -0.25) is 14.4 Å². The lowest BCUT2D eigenvalue weighted by atomic mass is 9.80. The molecular formula is C29H34N4O12. The van der Waals surface area contributed by atoms with Crippen LogP contribution in [0.3, 0.4) is 0 Å². The number of fused-ring (bicyclic) bond motifs is 1. The number of nitrogens with one attached hydrogen (secondary N) is 1. The number of carboxylic acids is 3. The minimum Gasteiger partial charge on any atom is -0.491 e. The summed E-state index contributed by atoms with van der Waals surface area (Å²) in [5.41, 5.74) is -2.08. The lowest BCUT2D eigenvalue weighted by molar-refractivity contribution is -0.163. The molecular weight excluding hydrogens is 596 g/mol. The molecule has 3 amide bonds. The highest BCUT2D eigenvalue weighted by atomic mass is 16.6. The number of amides is 3. The molecule has 2 heterocycles. The molecule has 242 valence electrons. The normalized spacial score (nSPS) is 16.2. The monoisotopic (exact) mass is 630 g/mol. The molecule has 16 nitrogen and oxygen atoms in total. The van der Waals surface area contributed by atoms with E-state index in [9.17, 15) is 44.1 Å². The number of piperazine rings is 1. The maximum Gasteiger partial charge on any atom is 0.409 e. The Morgan fingerprint density at radius 1 is 1.00 bits per heavy atom. The fraction of sp³-hybridized carbons (Fsp3) is 0.483. The number of carbonyl (C=O) groups is 6. The number of ether oxygens (including phenoxy) is 3. The number of aromatic carboxylic acids is 1. The number of aromatic nitrogens is 1. The molecule has 0 radical (unpaired) electrons. The summed E-state index contributed by atoms with van der Waals surface area (Å²) in [4.78, 5) is 81.7. The highest BCUT2D eigenvalue weighted by molar-refractivity contribution is 6.04. The van der Waals surface area contributed by atoms with Crippen LogP contribution >= 0.6 is 0 Å². The van der Waals surface area contributed by atoms with Crippen molar-refractivity contribution in [2.24, 2.45) is 0 Å². The second-order valence-electron chi connectivity index (χ2n) is 10.6. The van der Waals surface area contributed by atoms with E-state index in [1.54, 1.807) is 6.92 Å². The fourth-order valence-electron chi connectivity index (χ4n) is 5.14. The standard InChI is InChI=1S/C29H34N4O12/c1-3-44-28(42)33-13-11-32(12-14-33)25(37)19(7-8-20(34)35)31-24(36)21-23(43-2)22(45-29(27(40)41)9-4-10-29)17-15-16(26(38)39)5-6-18(17)30-21/h5-6,15,19H,3-4,7-14H2,1-2H3,(H,31,36)(H,34,35)(H,38,39)(H,40,41). The topological polar surface area (TPSA) is 222 Å². The number of methoxy groups -OCH3 is 1. The van der Waals surface area contributed by atoms with Crippen LogP contribution in [-0.2, 0) is 19.1 Å². The summed E-state index contributed by atoms with van der Waals surface area (Å²) in [7, 11) is 1.19. The van der Waals surface area contributed by atoms with Crippen LogP contribution in [0.1, 0.15) is 59.9 Å². The summed E-state index contributed by atoms with van der Waals surface area (Å²) in [6, 6.07) is 2.50.